The number of carboxylic acids is 1. The van der Waals surface area contributed by atoms with Gasteiger partial charge in [-0.15, -0.1) is 0 Å². The summed E-state index contributed by atoms with van der Waals surface area (Å²) in [4.78, 5) is 18.4. The van der Waals surface area contributed by atoms with E-state index in [1.54, 1.807) is 19.1 Å². The molecule has 0 aliphatic rings. The summed E-state index contributed by atoms with van der Waals surface area (Å²) < 4.78 is 39.0. The molecular weight excluding hydrogens is 343 g/mol. The number of hydrogen-bond donors (Lipinski definition) is 2. The molecule has 1 unspecified atom stereocenters. The highest BCUT2D eigenvalue weighted by molar-refractivity contribution is 7.98. The fourth-order valence-electron chi connectivity index (χ4n) is 2.14. The number of nitrogens with zero attached hydrogens (tertiary/aromatic N) is 2. The summed E-state index contributed by atoms with van der Waals surface area (Å²) >= 11 is 1.46. The van der Waals surface area contributed by atoms with Crippen molar-refractivity contribution >= 4 is 34.5 Å². The number of carbonyl (C=O) groups is 1. The number of anilines is 1. The first-order valence-corrected chi connectivity index (χ1v) is 8.45. The van der Waals surface area contributed by atoms with Crippen LogP contribution in [0.4, 0.5) is 19.0 Å². The minimum atomic E-state index is -4.71. The Morgan fingerprint density at radius 1 is 1.38 bits per heavy atom. The molecule has 2 N–H and O–H groups in total. The van der Waals surface area contributed by atoms with Gasteiger partial charge < -0.3 is 10.4 Å². The molecule has 1 heterocycles. The van der Waals surface area contributed by atoms with Crippen molar-refractivity contribution in [1.82, 2.24) is 9.97 Å². The van der Waals surface area contributed by atoms with E-state index in [0.29, 0.717) is 11.1 Å². The Morgan fingerprint density at radius 3 is 2.67 bits per heavy atom. The lowest BCUT2D eigenvalue weighted by molar-refractivity contribution is -0.144. The predicted molar refractivity (Wildman–Crippen MR) is 87.3 cm³/mol. The van der Waals surface area contributed by atoms with Crippen molar-refractivity contribution in [3.63, 3.8) is 0 Å². The SMILES string of the molecule is CSCCC(Nc1nc(C(F)(F)F)nc2ccc(C)cc12)C(=O)O. The Morgan fingerprint density at radius 2 is 2.08 bits per heavy atom. The van der Waals surface area contributed by atoms with Crippen LogP contribution in [0.2, 0.25) is 0 Å². The second kappa shape index (κ2) is 7.25. The van der Waals surface area contributed by atoms with Crippen molar-refractivity contribution < 1.29 is 23.1 Å². The number of aromatic nitrogens is 2. The fraction of sp³-hybridized carbons (Fsp3) is 0.400. The monoisotopic (exact) mass is 359 g/mol. The molecule has 2 rings (SSSR count). The predicted octanol–water partition coefficient (Wildman–Crippen LogP) is 3.58. The van der Waals surface area contributed by atoms with Gasteiger partial charge in [0, 0.05) is 5.39 Å². The summed E-state index contributed by atoms with van der Waals surface area (Å²) in [6.07, 6.45) is -2.63. The number of alkyl halides is 3. The third-order valence-electron chi connectivity index (χ3n) is 3.32. The van der Waals surface area contributed by atoms with Crippen LogP contribution in [0.15, 0.2) is 18.2 Å². The van der Waals surface area contributed by atoms with Crippen LogP contribution in [0.25, 0.3) is 10.9 Å². The van der Waals surface area contributed by atoms with Gasteiger partial charge in [0.2, 0.25) is 5.82 Å². The number of rotatable bonds is 6. The molecule has 0 amide bonds. The van der Waals surface area contributed by atoms with E-state index in [0.717, 1.165) is 5.56 Å². The van der Waals surface area contributed by atoms with Gasteiger partial charge >= 0.3 is 12.1 Å². The van der Waals surface area contributed by atoms with Crippen LogP contribution in [-0.2, 0) is 11.0 Å². The number of aryl methyl sites for hydroxylation is 1. The summed E-state index contributed by atoms with van der Waals surface area (Å²) in [5.74, 6) is -2.00. The van der Waals surface area contributed by atoms with Gasteiger partial charge in [-0.05, 0) is 37.5 Å². The summed E-state index contributed by atoms with van der Waals surface area (Å²) in [6, 6.07) is 3.70. The van der Waals surface area contributed by atoms with Crippen molar-refractivity contribution in [1.29, 1.82) is 0 Å². The van der Waals surface area contributed by atoms with E-state index in [2.05, 4.69) is 15.3 Å². The molecule has 9 heteroatoms. The van der Waals surface area contributed by atoms with Gasteiger partial charge in [0.1, 0.15) is 11.9 Å². The third kappa shape index (κ3) is 4.28. The van der Waals surface area contributed by atoms with Crippen LogP contribution >= 0.6 is 11.8 Å². The first-order valence-electron chi connectivity index (χ1n) is 7.06. The molecule has 1 aromatic carbocycles. The highest BCUT2D eigenvalue weighted by Gasteiger charge is 2.36. The molecule has 130 valence electrons. The van der Waals surface area contributed by atoms with Crippen molar-refractivity contribution in [3.05, 3.63) is 29.6 Å². The molecule has 0 spiro atoms. The number of hydrogen-bond acceptors (Lipinski definition) is 5. The van der Waals surface area contributed by atoms with E-state index in [1.807, 2.05) is 6.26 Å². The number of benzene rings is 1. The quantitative estimate of drug-likeness (QED) is 0.821. The number of nitrogens with one attached hydrogen (secondary N) is 1. The van der Waals surface area contributed by atoms with E-state index in [4.69, 9.17) is 0 Å². The zero-order valence-electron chi connectivity index (χ0n) is 13.0. The minimum absolute atomic E-state index is 0.111. The molecule has 0 aliphatic heterocycles. The Balaban J connectivity index is 2.52. The molecule has 2 aromatic rings. The molecule has 5 nitrogen and oxygen atoms in total. The maximum Gasteiger partial charge on any atom is 0.451 e. The lowest BCUT2D eigenvalue weighted by Gasteiger charge is -2.17. The van der Waals surface area contributed by atoms with Gasteiger partial charge in [0.05, 0.1) is 5.52 Å². The van der Waals surface area contributed by atoms with Crippen molar-refractivity contribution in [2.75, 3.05) is 17.3 Å². The molecule has 24 heavy (non-hydrogen) atoms. The molecular formula is C15H16F3N3O2S. The molecule has 0 saturated carbocycles. The number of aliphatic carboxylic acids is 1. The average Bonchev–Trinajstić information content (AvgIpc) is 2.50. The van der Waals surface area contributed by atoms with Gasteiger partial charge in [0.25, 0.3) is 0 Å². The third-order valence-corrected chi connectivity index (χ3v) is 3.97. The molecule has 0 fully saturated rings. The highest BCUT2D eigenvalue weighted by Crippen LogP contribution is 2.31. The minimum Gasteiger partial charge on any atom is -0.480 e. The molecule has 0 aliphatic carbocycles. The number of thioether (sulfide) groups is 1. The van der Waals surface area contributed by atoms with E-state index in [9.17, 15) is 23.1 Å². The first kappa shape index (κ1) is 18.3. The van der Waals surface area contributed by atoms with Crippen molar-refractivity contribution in [2.24, 2.45) is 0 Å². The Kier molecular flexibility index (Phi) is 5.53. The normalized spacial score (nSPS) is 13.0. The molecule has 0 radical (unpaired) electrons. The lowest BCUT2D eigenvalue weighted by atomic mass is 10.1. The number of carboxylic acid groups (broad SMARTS) is 1. The Labute approximate surface area is 140 Å². The Hall–Kier alpha value is -2.03. The van der Waals surface area contributed by atoms with Gasteiger partial charge in [-0.2, -0.15) is 24.9 Å². The molecule has 1 aromatic heterocycles. The van der Waals surface area contributed by atoms with Crippen LogP contribution in [0.1, 0.15) is 17.8 Å². The first-order chi connectivity index (χ1) is 11.2. The topological polar surface area (TPSA) is 75.1 Å². The van der Waals surface area contributed by atoms with Crippen LogP contribution in [0, 0.1) is 6.92 Å². The van der Waals surface area contributed by atoms with Crippen molar-refractivity contribution in [3.8, 4) is 0 Å². The summed E-state index contributed by atoms with van der Waals surface area (Å²) in [6.45, 7) is 1.78. The summed E-state index contributed by atoms with van der Waals surface area (Å²) in [5, 5.41) is 12.3. The van der Waals surface area contributed by atoms with Gasteiger partial charge in [-0.3, -0.25) is 0 Å². The molecule has 1 atom stereocenters. The van der Waals surface area contributed by atoms with E-state index >= 15 is 0 Å². The lowest BCUT2D eigenvalue weighted by Crippen LogP contribution is -2.31. The second-order valence-electron chi connectivity index (χ2n) is 5.23. The largest absolute Gasteiger partial charge is 0.480 e. The van der Waals surface area contributed by atoms with Crippen LogP contribution in [0.5, 0.6) is 0 Å². The maximum absolute atomic E-state index is 13.0. The molecule has 0 saturated heterocycles. The number of halogens is 3. The summed E-state index contributed by atoms with van der Waals surface area (Å²) in [7, 11) is 0. The zero-order valence-corrected chi connectivity index (χ0v) is 13.8. The molecule has 0 bridgehead atoms. The van der Waals surface area contributed by atoms with Crippen LogP contribution in [0.3, 0.4) is 0 Å². The smallest absolute Gasteiger partial charge is 0.451 e. The van der Waals surface area contributed by atoms with Crippen LogP contribution in [-0.4, -0.2) is 39.1 Å². The van der Waals surface area contributed by atoms with Gasteiger partial charge in [0.15, 0.2) is 0 Å². The standard InChI is InChI=1S/C15H16F3N3O2S/c1-8-3-4-10-9(7-8)12(21-14(20-10)15(16,17)18)19-11(13(22)23)5-6-24-2/h3-4,7,11H,5-6H2,1-2H3,(H,22,23)(H,19,20,21). The van der Waals surface area contributed by atoms with Crippen LogP contribution < -0.4 is 5.32 Å². The maximum atomic E-state index is 13.0. The van der Waals surface area contributed by atoms with Crippen molar-refractivity contribution in [2.45, 2.75) is 25.6 Å². The van der Waals surface area contributed by atoms with Gasteiger partial charge in [-0.1, -0.05) is 11.6 Å². The number of fused-ring (bicyclic) bond motifs is 1. The Bertz CT molecular complexity index is 753. The zero-order chi connectivity index (χ0) is 17.9. The summed E-state index contributed by atoms with van der Waals surface area (Å²) in [5.41, 5.74) is 0.921. The average molecular weight is 359 g/mol. The van der Waals surface area contributed by atoms with E-state index in [-0.39, 0.29) is 17.8 Å². The van der Waals surface area contributed by atoms with E-state index in [1.165, 1.54) is 17.8 Å². The fourth-order valence-corrected chi connectivity index (χ4v) is 2.61. The second-order valence-corrected chi connectivity index (χ2v) is 6.22. The van der Waals surface area contributed by atoms with Gasteiger partial charge in [-0.25, -0.2) is 14.8 Å². The van der Waals surface area contributed by atoms with E-state index < -0.39 is 24.0 Å². The highest BCUT2D eigenvalue weighted by atomic mass is 32.2.